The second-order valence-electron chi connectivity index (χ2n) is 6.95. The molecule has 0 radical (unpaired) electrons. The molecular weight excluding hydrogens is 242 g/mol. The first kappa shape index (κ1) is 15.6. The maximum Gasteiger partial charge on any atom is 0.00228 e. The minimum Gasteiger partial charge on any atom is -0.316 e. The Labute approximate surface area is 125 Å². The van der Waals surface area contributed by atoms with Crippen LogP contribution in [0.2, 0.25) is 0 Å². The van der Waals surface area contributed by atoms with Crippen molar-refractivity contribution in [2.75, 3.05) is 13.1 Å². The van der Waals surface area contributed by atoms with Crippen molar-refractivity contribution in [1.82, 2.24) is 5.32 Å². The summed E-state index contributed by atoms with van der Waals surface area (Å²) in [5.74, 6) is 1.32. The number of nitrogens with one attached hydrogen (secondary N) is 1. The molecule has 1 saturated carbocycles. The second-order valence-corrected chi connectivity index (χ2v) is 6.95. The van der Waals surface area contributed by atoms with E-state index in [4.69, 9.17) is 0 Å². The molecule has 0 bridgehead atoms. The maximum atomic E-state index is 3.80. The minimum atomic E-state index is 0.595. The molecule has 1 unspecified atom stereocenters. The SMILES string of the molecule is CCC1(CNCC(c2ccccc2)C(C)C)CCCC1. The van der Waals surface area contributed by atoms with Crippen molar-refractivity contribution in [2.24, 2.45) is 11.3 Å². The molecule has 0 aliphatic heterocycles. The van der Waals surface area contributed by atoms with Gasteiger partial charge in [0.25, 0.3) is 0 Å². The fourth-order valence-electron chi connectivity index (χ4n) is 3.71. The smallest absolute Gasteiger partial charge is 0.00228 e. The van der Waals surface area contributed by atoms with Gasteiger partial charge in [0.1, 0.15) is 0 Å². The Morgan fingerprint density at radius 2 is 1.75 bits per heavy atom. The van der Waals surface area contributed by atoms with Crippen LogP contribution >= 0.6 is 0 Å². The highest BCUT2D eigenvalue weighted by atomic mass is 14.9. The third-order valence-corrected chi connectivity index (χ3v) is 5.31. The molecule has 112 valence electrons. The molecular formula is C19H31N. The predicted octanol–water partition coefficient (Wildman–Crippen LogP) is 4.99. The Morgan fingerprint density at radius 1 is 1.10 bits per heavy atom. The predicted molar refractivity (Wildman–Crippen MR) is 88.1 cm³/mol. The first-order valence-electron chi connectivity index (χ1n) is 8.42. The second kappa shape index (κ2) is 7.26. The summed E-state index contributed by atoms with van der Waals surface area (Å²) >= 11 is 0. The lowest BCUT2D eigenvalue weighted by molar-refractivity contribution is 0.263. The minimum absolute atomic E-state index is 0.595. The van der Waals surface area contributed by atoms with Gasteiger partial charge >= 0.3 is 0 Å². The van der Waals surface area contributed by atoms with Gasteiger partial charge in [0.15, 0.2) is 0 Å². The van der Waals surface area contributed by atoms with Crippen LogP contribution in [0.3, 0.4) is 0 Å². The quantitative estimate of drug-likeness (QED) is 0.738. The molecule has 0 saturated heterocycles. The molecule has 1 aromatic carbocycles. The maximum absolute atomic E-state index is 3.80. The van der Waals surface area contributed by atoms with E-state index >= 15 is 0 Å². The van der Waals surface area contributed by atoms with Crippen LogP contribution in [0.15, 0.2) is 30.3 Å². The number of rotatable bonds is 7. The lowest BCUT2D eigenvalue weighted by Gasteiger charge is -2.30. The molecule has 20 heavy (non-hydrogen) atoms. The topological polar surface area (TPSA) is 12.0 Å². The van der Waals surface area contributed by atoms with Crippen LogP contribution in [0, 0.1) is 11.3 Å². The van der Waals surface area contributed by atoms with Crippen LogP contribution in [0.25, 0.3) is 0 Å². The summed E-state index contributed by atoms with van der Waals surface area (Å²) in [6, 6.07) is 11.0. The molecule has 0 aromatic heterocycles. The van der Waals surface area contributed by atoms with Gasteiger partial charge in [-0.2, -0.15) is 0 Å². The largest absolute Gasteiger partial charge is 0.316 e. The van der Waals surface area contributed by atoms with Gasteiger partial charge in [0.2, 0.25) is 0 Å². The Kier molecular flexibility index (Phi) is 5.65. The lowest BCUT2D eigenvalue weighted by Crippen LogP contribution is -2.35. The van der Waals surface area contributed by atoms with Gasteiger partial charge in [-0.3, -0.25) is 0 Å². The number of hydrogen-bond acceptors (Lipinski definition) is 1. The van der Waals surface area contributed by atoms with Gasteiger partial charge < -0.3 is 5.32 Å². The van der Waals surface area contributed by atoms with Crippen LogP contribution in [0.5, 0.6) is 0 Å². The summed E-state index contributed by atoms with van der Waals surface area (Å²) in [4.78, 5) is 0. The zero-order valence-corrected chi connectivity index (χ0v) is 13.5. The average Bonchev–Trinajstić information content (AvgIpc) is 2.93. The summed E-state index contributed by atoms with van der Waals surface area (Å²) in [7, 11) is 0. The molecule has 1 aliphatic carbocycles. The van der Waals surface area contributed by atoms with Crippen molar-refractivity contribution in [3.8, 4) is 0 Å². The van der Waals surface area contributed by atoms with E-state index in [0.717, 1.165) is 6.54 Å². The summed E-state index contributed by atoms with van der Waals surface area (Å²) < 4.78 is 0. The normalized spacial score (nSPS) is 19.4. The van der Waals surface area contributed by atoms with E-state index in [9.17, 15) is 0 Å². The third kappa shape index (κ3) is 3.85. The van der Waals surface area contributed by atoms with E-state index in [2.05, 4.69) is 56.4 Å². The van der Waals surface area contributed by atoms with Crippen LogP contribution in [-0.4, -0.2) is 13.1 Å². The van der Waals surface area contributed by atoms with Crippen molar-refractivity contribution in [3.63, 3.8) is 0 Å². The zero-order valence-electron chi connectivity index (χ0n) is 13.5. The van der Waals surface area contributed by atoms with Crippen LogP contribution in [-0.2, 0) is 0 Å². The highest BCUT2D eigenvalue weighted by molar-refractivity contribution is 5.20. The molecule has 0 amide bonds. The molecule has 1 nitrogen and oxygen atoms in total. The van der Waals surface area contributed by atoms with E-state index in [1.807, 2.05) is 0 Å². The molecule has 1 N–H and O–H groups in total. The Balaban J connectivity index is 1.90. The molecule has 1 atom stereocenters. The highest BCUT2D eigenvalue weighted by Gasteiger charge is 2.31. The van der Waals surface area contributed by atoms with Gasteiger partial charge in [-0.1, -0.05) is 63.9 Å². The molecule has 2 rings (SSSR count). The summed E-state index contributed by atoms with van der Waals surface area (Å²) in [6.07, 6.45) is 7.05. The van der Waals surface area contributed by atoms with Gasteiger partial charge in [0.05, 0.1) is 0 Å². The Bertz CT molecular complexity index is 376. The van der Waals surface area contributed by atoms with Crippen molar-refractivity contribution in [3.05, 3.63) is 35.9 Å². The first-order chi connectivity index (χ1) is 9.67. The summed E-state index contributed by atoms with van der Waals surface area (Å²) in [6.45, 7) is 9.36. The molecule has 1 aromatic rings. The van der Waals surface area contributed by atoms with E-state index in [0.29, 0.717) is 17.3 Å². The fourth-order valence-corrected chi connectivity index (χ4v) is 3.71. The van der Waals surface area contributed by atoms with E-state index in [1.54, 1.807) is 0 Å². The Morgan fingerprint density at radius 3 is 2.30 bits per heavy atom. The molecule has 0 heterocycles. The summed E-state index contributed by atoms with van der Waals surface area (Å²) in [5.41, 5.74) is 2.07. The van der Waals surface area contributed by atoms with Crippen LogP contribution < -0.4 is 5.32 Å². The fraction of sp³-hybridized carbons (Fsp3) is 0.684. The monoisotopic (exact) mass is 273 g/mol. The van der Waals surface area contributed by atoms with Gasteiger partial charge in [0, 0.05) is 13.1 Å². The van der Waals surface area contributed by atoms with Crippen LogP contribution in [0.4, 0.5) is 0 Å². The zero-order chi connectivity index (χ0) is 14.4. The van der Waals surface area contributed by atoms with Gasteiger partial charge in [-0.05, 0) is 42.1 Å². The molecule has 0 spiro atoms. The van der Waals surface area contributed by atoms with Crippen molar-refractivity contribution in [1.29, 1.82) is 0 Å². The van der Waals surface area contributed by atoms with Crippen molar-refractivity contribution in [2.45, 2.75) is 58.8 Å². The lowest BCUT2D eigenvalue weighted by atomic mass is 9.82. The molecule has 1 fully saturated rings. The number of benzene rings is 1. The molecule has 1 aliphatic rings. The third-order valence-electron chi connectivity index (χ3n) is 5.31. The highest BCUT2D eigenvalue weighted by Crippen LogP contribution is 2.40. The molecule has 1 heteroatoms. The van der Waals surface area contributed by atoms with Gasteiger partial charge in [-0.25, -0.2) is 0 Å². The number of hydrogen-bond donors (Lipinski definition) is 1. The van der Waals surface area contributed by atoms with Crippen molar-refractivity contribution < 1.29 is 0 Å². The van der Waals surface area contributed by atoms with Crippen molar-refractivity contribution >= 4 is 0 Å². The summed E-state index contributed by atoms with van der Waals surface area (Å²) in [5, 5.41) is 3.80. The standard InChI is InChI=1S/C19H31N/c1-4-19(12-8-9-13-19)15-20-14-18(16(2)3)17-10-6-5-7-11-17/h5-7,10-11,16,18,20H,4,8-9,12-15H2,1-3H3. The van der Waals surface area contributed by atoms with Crippen LogP contribution in [0.1, 0.15) is 64.4 Å². The first-order valence-corrected chi connectivity index (χ1v) is 8.42. The Hall–Kier alpha value is -0.820. The van der Waals surface area contributed by atoms with E-state index in [1.165, 1.54) is 44.2 Å². The van der Waals surface area contributed by atoms with Gasteiger partial charge in [-0.15, -0.1) is 0 Å². The average molecular weight is 273 g/mol. The van der Waals surface area contributed by atoms with E-state index in [-0.39, 0.29) is 0 Å². The van der Waals surface area contributed by atoms with E-state index < -0.39 is 0 Å².